The van der Waals surface area contributed by atoms with Crippen LogP contribution in [0.5, 0.6) is 0 Å². The van der Waals surface area contributed by atoms with Gasteiger partial charge in [0.2, 0.25) is 5.91 Å². The molecule has 3 nitrogen and oxygen atoms in total. The van der Waals surface area contributed by atoms with E-state index >= 15 is 0 Å². The lowest BCUT2D eigenvalue weighted by molar-refractivity contribution is -0.121. The van der Waals surface area contributed by atoms with Gasteiger partial charge in [-0.3, -0.25) is 4.79 Å². The maximum Gasteiger partial charge on any atom is 0.222 e. The Morgan fingerprint density at radius 2 is 1.71 bits per heavy atom. The van der Waals surface area contributed by atoms with E-state index in [1.54, 1.807) is 18.2 Å². The van der Waals surface area contributed by atoms with Crippen LogP contribution in [0.15, 0.2) is 48.5 Å². The van der Waals surface area contributed by atoms with Crippen LogP contribution in [0.1, 0.15) is 38.3 Å². The molecule has 0 aromatic heterocycles. The zero-order chi connectivity index (χ0) is 17.6. The summed E-state index contributed by atoms with van der Waals surface area (Å²) in [7, 11) is 0. The number of hydrogen-bond acceptors (Lipinski definition) is 2. The van der Waals surface area contributed by atoms with Crippen molar-refractivity contribution in [1.82, 2.24) is 5.32 Å². The van der Waals surface area contributed by atoms with Crippen molar-refractivity contribution in [2.75, 3.05) is 11.9 Å². The van der Waals surface area contributed by atoms with Gasteiger partial charge in [0, 0.05) is 30.8 Å². The molecule has 0 aliphatic rings. The molecule has 0 bridgehead atoms. The molecule has 0 unspecified atom stereocenters. The minimum Gasteiger partial charge on any atom is -0.384 e. The van der Waals surface area contributed by atoms with Gasteiger partial charge in [-0.25, -0.2) is 4.39 Å². The molecule has 0 spiro atoms. The van der Waals surface area contributed by atoms with Gasteiger partial charge in [0.1, 0.15) is 5.82 Å². The maximum absolute atomic E-state index is 13.5. The largest absolute Gasteiger partial charge is 0.384 e. The third-order valence-electron chi connectivity index (χ3n) is 3.84. The highest BCUT2D eigenvalue weighted by molar-refractivity contribution is 5.76. The molecular formula is C20H25FN2O. The summed E-state index contributed by atoms with van der Waals surface area (Å²) in [6.07, 6.45) is 0.340. The maximum atomic E-state index is 13.5. The highest BCUT2D eigenvalue weighted by atomic mass is 19.1. The first-order valence-electron chi connectivity index (χ1n) is 8.21. The van der Waals surface area contributed by atoms with Gasteiger partial charge in [-0.2, -0.15) is 0 Å². The Hall–Kier alpha value is -2.36. The van der Waals surface area contributed by atoms with Crippen molar-refractivity contribution in [1.29, 1.82) is 0 Å². The summed E-state index contributed by atoms with van der Waals surface area (Å²) in [6, 6.07) is 14.6. The van der Waals surface area contributed by atoms with Crippen molar-refractivity contribution >= 4 is 11.6 Å². The number of para-hydroxylation sites is 1. The molecule has 0 atom stereocenters. The lowest BCUT2D eigenvalue weighted by Gasteiger charge is -2.23. The molecule has 0 saturated heterocycles. The molecule has 2 N–H and O–H groups in total. The minimum atomic E-state index is -0.296. The fourth-order valence-corrected chi connectivity index (χ4v) is 2.53. The van der Waals surface area contributed by atoms with Crippen LogP contribution in [0.2, 0.25) is 0 Å². The van der Waals surface area contributed by atoms with Crippen LogP contribution in [0.4, 0.5) is 10.1 Å². The van der Waals surface area contributed by atoms with E-state index in [0.29, 0.717) is 18.5 Å². The van der Waals surface area contributed by atoms with Crippen LogP contribution >= 0.6 is 0 Å². The van der Waals surface area contributed by atoms with E-state index in [1.165, 1.54) is 11.6 Å². The van der Waals surface area contributed by atoms with E-state index in [4.69, 9.17) is 0 Å². The first kappa shape index (κ1) is 18.0. The number of carbonyl (C=O) groups excluding carboxylic acids is 1. The molecule has 2 rings (SSSR count). The van der Waals surface area contributed by atoms with Crippen LogP contribution in [-0.2, 0) is 16.8 Å². The number of hydrogen-bond donors (Lipinski definition) is 2. The molecule has 0 aliphatic carbocycles. The summed E-state index contributed by atoms with van der Waals surface area (Å²) in [4.78, 5) is 11.9. The predicted octanol–water partition coefficient (Wildman–Crippen LogP) is 4.24. The summed E-state index contributed by atoms with van der Waals surface area (Å²) in [5.74, 6) is -0.394. The molecule has 2 aromatic carbocycles. The SMILES string of the molecule is CC(C)(C)c1ccccc1NCCC(=O)NCc1ccccc1F. The number of amides is 1. The number of halogens is 1. The van der Waals surface area contributed by atoms with E-state index in [-0.39, 0.29) is 23.7 Å². The molecule has 128 valence electrons. The molecule has 2 aromatic rings. The highest BCUT2D eigenvalue weighted by Crippen LogP contribution is 2.29. The smallest absolute Gasteiger partial charge is 0.222 e. The molecule has 1 amide bonds. The molecule has 0 saturated carbocycles. The molecule has 0 heterocycles. The fraction of sp³-hybridized carbons (Fsp3) is 0.350. The summed E-state index contributed by atoms with van der Waals surface area (Å²) in [6.45, 7) is 7.23. The van der Waals surface area contributed by atoms with Crippen molar-refractivity contribution in [2.45, 2.75) is 39.2 Å². The first-order chi connectivity index (χ1) is 11.4. The van der Waals surface area contributed by atoms with Crippen molar-refractivity contribution in [2.24, 2.45) is 0 Å². The van der Waals surface area contributed by atoms with Gasteiger partial charge in [0.15, 0.2) is 0 Å². The zero-order valence-corrected chi connectivity index (χ0v) is 14.5. The van der Waals surface area contributed by atoms with E-state index in [2.05, 4.69) is 37.5 Å². The van der Waals surface area contributed by atoms with Gasteiger partial charge in [-0.1, -0.05) is 57.2 Å². The van der Waals surface area contributed by atoms with E-state index in [1.807, 2.05) is 18.2 Å². The van der Waals surface area contributed by atoms with Gasteiger partial charge in [-0.15, -0.1) is 0 Å². The summed E-state index contributed by atoms with van der Waals surface area (Å²) < 4.78 is 13.5. The Morgan fingerprint density at radius 1 is 1.04 bits per heavy atom. The quantitative estimate of drug-likeness (QED) is 0.832. The average Bonchev–Trinajstić information content (AvgIpc) is 2.53. The molecule has 0 fully saturated rings. The average molecular weight is 328 g/mol. The first-order valence-corrected chi connectivity index (χ1v) is 8.21. The van der Waals surface area contributed by atoms with E-state index in [9.17, 15) is 9.18 Å². The minimum absolute atomic E-state index is 0.0384. The van der Waals surface area contributed by atoms with Gasteiger partial charge in [0.25, 0.3) is 0 Å². The number of rotatable bonds is 6. The second-order valence-corrected chi connectivity index (χ2v) is 6.84. The second kappa shape index (κ2) is 7.95. The Morgan fingerprint density at radius 3 is 2.42 bits per heavy atom. The third kappa shape index (κ3) is 5.08. The van der Waals surface area contributed by atoms with Crippen molar-refractivity contribution in [3.63, 3.8) is 0 Å². The van der Waals surface area contributed by atoms with Crippen LogP contribution in [-0.4, -0.2) is 12.5 Å². The lowest BCUT2D eigenvalue weighted by Crippen LogP contribution is -2.25. The van der Waals surface area contributed by atoms with Crippen molar-refractivity contribution < 1.29 is 9.18 Å². The van der Waals surface area contributed by atoms with Crippen LogP contribution in [0, 0.1) is 5.82 Å². The number of anilines is 1. The Kier molecular flexibility index (Phi) is 5.96. The number of carbonyl (C=O) groups is 1. The molecule has 0 radical (unpaired) electrons. The Labute approximate surface area is 143 Å². The normalized spacial score (nSPS) is 11.2. The van der Waals surface area contributed by atoms with E-state index in [0.717, 1.165) is 5.69 Å². The van der Waals surface area contributed by atoms with Crippen LogP contribution in [0.25, 0.3) is 0 Å². The van der Waals surface area contributed by atoms with Gasteiger partial charge < -0.3 is 10.6 Å². The fourth-order valence-electron chi connectivity index (χ4n) is 2.53. The summed E-state index contributed by atoms with van der Waals surface area (Å²) in [5.41, 5.74) is 2.80. The standard InChI is InChI=1S/C20H25FN2O/c1-20(2,3)16-9-5-7-11-18(16)22-13-12-19(24)23-14-15-8-4-6-10-17(15)21/h4-11,22H,12-14H2,1-3H3,(H,23,24). The Bertz CT molecular complexity index is 692. The number of benzene rings is 2. The monoisotopic (exact) mass is 328 g/mol. The van der Waals surface area contributed by atoms with Gasteiger partial charge in [0.05, 0.1) is 0 Å². The molecular weight excluding hydrogens is 303 g/mol. The van der Waals surface area contributed by atoms with Crippen LogP contribution < -0.4 is 10.6 Å². The van der Waals surface area contributed by atoms with Gasteiger partial charge in [-0.05, 0) is 23.1 Å². The van der Waals surface area contributed by atoms with Crippen molar-refractivity contribution in [3.8, 4) is 0 Å². The van der Waals surface area contributed by atoms with Gasteiger partial charge >= 0.3 is 0 Å². The molecule has 0 aliphatic heterocycles. The van der Waals surface area contributed by atoms with E-state index < -0.39 is 0 Å². The third-order valence-corrected chi connectivity index (χ3v) is 3.84. The van der Waals surface area contributed by atoms with Crippen molar-refractivity contribution in [3.05, 3.63) is 65.5 Å². The van der Waals surface area contributed by atoms with Crippen LogP contribution in [0.3, 0.4) is 0 Å². The summed E-state index contributed by atoms with van der Waals surface area (Å²) >= 11 is 0. The Balaban J connectivity index is 1.82. The topological polar surface area (TPSA) is 41.1 Å². The highest BCUT2D eigenvalue weighted by Gasteiger charge is 2.17. The zero-order valence-electron chi connectivity index (χ0n) is 14.5. The predicted molar refractivity (Wildman–Crippen MR) is 96.5 cm³/mol. The molecule has 4 heteroatoms. The number of nitrogens with one attached hydrogen (secondary N) is 2. The molecule has 24 heavy (non-hydrogen) atoms. The second-order valence-electron chi connectivity index (χ2n) is 6.84. The lowest BCUT2D eigenvalue weighted by atomic mass is 9.86. The summed E-state index contributed by atoms with van der Waals surface area (Å²) in [5, 5.41) is 6.08.